The highest BCUT2D eigenvalue weighted by atomic mass is 16.2. The molecule has 0 unspecified atom stereocenters. The fraction of sp³-hybridized carbons (Fsp3) is 0.267. The molecule has 2 aromatic heterocycles. The molecule has 0 bridgehead atoms. The molecule has 0 saturated heterocycles. The Morgan fingerprint density at radius 1 is 1.40 bits per heavy atom. The van der Waals surface area contributed by atoms with Gasteiger partial charge in [0.1, 0.15) is 17.2 Å². The Morgan fingerprint density at radius 3 is 3.15 bits per heavy atom. The minimum absolute atomic E-state index is 0.112. The van der Waals surface area contributed by atoms with E-state index in [0.717, 1.165) is 28.9 Å². The highest BCUT2D eigenvalue weighted by Crippen LogP contribution is 2.33. The van der Waals surface area contributed by atoms with E-state index in [-0.39, 0.29) is 5.91 Å². The maximum Gasteiger partial charge on any atom is 0.275 e. The molecule has 4 rings (SSSR count). The molecular formula is C15H14N4O. The first-order valence-corrected chi connectivity index (χ1v) is 6.82. The molecule has 1 amide bonds. The van der Waals surface area contributed by atoms with Gasteiger partial charge in [-0.1, -0.05) is 0 Å². The number of fused-ring (bicyclic) bond motifs is 1. The third-order valence-electron chi connectivity index (χ3n) is 3.70. The molecule has 0 radical (unpaired) electrons. The number of aromatic nitrogens is 2. The number of pyridine rings is 1. The van der Waals surface area contributed by atoms with Crippen LogP contribution in [0.2, 0.25) is 0 Å². The van der Waals surface area contributed by atoms with Crippen molar-refractivity contribution in [3.05, 3.63) is 35.8 Å². The molecule has 1 aliphatic carbocycles. The Morgan fingerprint density at radius 2 is 2.30 bits per heavy atom. The van der Waals surface area contributed by atoms with Crippen LogP contribution in [-0.2, 0) is 4.79 Å². The van der Waals surface area contributed by atoms with Crippen LogP contribution in [0.15, 0.2) is 35.2 Å². The summed E-state index contributed by atoms with van der Waals surface area (Å²) >= 11 is 0. The van der Waals surface area contributed by atoms with Gasteiger partial charge < -0.3 is 10.3 Å². The number of carbonyl (C=O) groups excluding carboxylic acids is 1. The Kier molecular flexibility index (Phi) is 2.45. The van der Waals surface area contributed by atoms with Crippen molar-refractivity contribution in [1.82, 2.24) is 15.3 Å². The standard InChI is InChI=1S/C15H14N4O/c20-15-12(18-13(19-15)6-9-3-4-9)7-10-8-17-14-11(10)2-1-5-16-14/h1-2,5,7-9H,3-4,6H2,(H,16,17)(H,18,19,20)/b12-7-. The number of amidine groups is 1. The third kappa shape index (κ3) is 2.01. The van der Waals surface area contributed by atoms with E-state index in [1.807, 2.05) is 24.4 Å². The van der Waals surface area contributed by atoms with Crippen LogP contribution < -0.4 is 5.32 Å². The van der Waals surface area contributed by atoms with Gasteiger partial charge in [-0.3, -0.25) is 4.79 Å². The van der Waals surface area contributed by atoms with Crippen molar-refractivity contribution in [2.24, 2.45) is 10.9 Å². The first-order valence-electron chi connectivity index (χ1n) is 6.82. The van der Waals surface area contributed by atoms with Gasteiger partial charge in [0.25, 0.3) is 5.91 Å². The van der Waals surface area contributed by atoms with Gasteiger partial charge in [-0.15, -0.1) is 0 Å². The van der Waals surface area contributed by atoms with Crippen molar-refractivity contribution in [2.45, 2.75) is 19.3 Å². The van der Waals surface area contributed by atoms with Gasteiger partial charge in [-0.2, -0.15) is 0 Å². The van der Waals surface area contributed by atoms with E-state index in [4.69, 9.17) is 0 Å². The second kappa shape index (κ2) is 4.30. The number of nitrogens with one attached hydrogen (secondary N) is 2. The lowest BCUT2D eigenvalue weighted by Gasteiger charge is -1.95. The summed E-state index contributed by atoms with van der Waals surface area (Å²) < 4.78 is 0. The third-order valence-corrected chi connectivity index (χ3v) is 3.70. The fourth-order valence-corrected chi connectivity index (χ4v) is 2.45. The van der Waals surface area contributed by atoms with Crippen LogP contribution in [0.3, 0.4) is 0 Å². The molecule has 100 valence electrons. The summed E-state index contributed by atoms with van der Waals surface area (Å²) in [5.74, 6) is 1.41. The minimum Gasteiger partial charge on any atom is -0.346 e. The zero-order valence-electron chi connectivity index (χ0n) is 10.9. The zero-order valence-corrected chi connectivity index (χ0v) is 10.9. The summed E-state index contributed by atoms with van der Waals surface area (Å²) in [6.07, 6.45) is 8.80. The van der Waals surface area contributed by atoms with Gasteiger partial charge in [0.15, 0.2) is 0 Å². The smallest absolute Gasteiger partial charge is 0.275 e. The monoisotopic (exact) mass is 266 g/mol. The van der Waals surface area contributed by atoms with Crippen LogP contribution in [0.5, 0.6) is 0 Å². The largest absolute Gasteiger partial charge is 0.346 e. The van der Waals surface area contributed by atoms with Crippen LogP contribution in [0.25, 0.3) is 17.1 Å². The van der Waals surface area contributed by atoms with E-state index in [1.165, 1.54) is 12.8 Å². The van der Waals surface area contributed by atoms with Crippen LogP contribution in [-0.4, -0.2) is 21.7 Å². The van der Waals surface area contributed by atoms with Gasteiger partial charge >= 0.3 is 0 Å². The number of amides is 1. The molecule has 1 aliphatic heterocycles. The highest BCUT2D eigenvalue weighted by molar-refractivity contribution is 6.15. The molecule has 0 atom stereocenters. The second-order valence-corrected chi connectivity index (χ2v) is 5.33. The van der Waals surface area contributed by atoms with Crippen LogP contribution in [0.4, 0.5) is 0 Å². The molecule has 1 fully saturated rings. The van der Waals surface area contributed by atoms with Crippen molar-refractivity contribution in [1.29, 1.82) is 0 Å². The summed E-state index contributed by atoms with van der Waals surface area (Å²) in [5.41, 5.74) is 2.24. The second-order valence-electron chi connectivity index (χ2n) is 5.33. The topological polar surface area (TPSA) is 70.1 Å². The minimum atomic E-state index is -0.112. The van der Waals surface area contributed by atoms with Crippen LogP contribution >= 0.6 is 0 Å². The molecule has 2 N–H and O–H groups in total. The highest BCUT2D eigenvalue weighted by Gasteiger charge is 2.28. The maximum atomic E-state index is 11.9. The van der Waals surface area contributed by atoms with Crippen LogP contribution in [0.1, 0.15) is 24.8 Å². The number of aromatic amines is 1. The van der Waals surface area contributed by atoms with Crippen molar-refractivity contribution in [3.63, 3.8) is 0 Å². The van der Waals surface area contributed by atoms with E-state index in [0.29, 0.717) is 11.6 Å². The molecule has 2 aliphatic rings. The van der Waals surface area contributed by atoms with E-state index in [2.05, 4.69) is 20.3 Å². The quantitative estimate of drug-likeness (QED) is 0.836. The lowest BCUT2D eigenvalue weighted by molar-refractivity contribution is -0.115. The predicted octanol–water partition coefficient (Wildman–Crippen LogP) is 2.23. The number of hydrogen-bond acceptors (Lipinski definition) is 3. The van der Waals surface area contributed by atoms with E-state index in [9.17, 15) is 4.79 Å². The predicted molar refractivity (Wildman–Crippen MR) is 77.0 cm³/mol. The molecular weight excluding hydrogens is 252 g/mol. The molecule has 5 nitrogen and oxygen atoms in total. The summed E-state index contributed by atoms with van der Waals surface area (Å²) in [6, 6.07) is 3.86. The number of aliphatic imine (C=N–C) groups is 1. The van der Waals surface area contributed by atoms with E-state index >= 15 is 0 Å². The van der Waals surface area contributed by atoms with E-state index in [1.54, 1.807) is 6.20 Å². The summed E-state index contributed by atoms with van der Waals surface area (Å²) in [6.45, 7) is 0. The Labute approximate surface area is 115 Å². The van der Waals surface area contributed by atoms with Gasteiger partial charge in [-0.25, -0.2) is 9.98 Å². The first kappa shape index (κ1) is 11.4. The van der Waals surface area contributed by atoms with Crippen molar-refractivity contribution >= 4 is 28.9 Å². The number of hydrogen-bond donors (Lipinski definition) is 2. The summed E-state index contributed by atoms with van der Waals surface area (Å²) in [5, 5.41) is 3.85. The van der Waals surface area contributed by atoms with Crippen LogP contribution in [0, 0.1) is 5.92 Å². The summed E-state index contributed by atoms with van der Waals surface area (Å²) in [7, 11) is 0. The average Bonchev–Trinajstić information content (AvgIpc) is 3.07. The number of carbonyl (C=O) groups is 1. The fourth-order valence-electron chi connectivity index (χ4n) is 2.45. The normalized spacial score (nSPS) is 20.5. The lowest BCUT2D eigenvalue weighted by atomic mass is 10.2. The number of nitrogens with zero attached hydrogens (tertiary/aromatic N) is 2. The van der Waals surface area contributed by atoms with Gasteiger partial charge in [0.2, 0.25) is 0 Å². The molecule has 2 aromatic rings. The molecule has 5 heteroatoms. The molecule has 0 aromatic carbocycles. The van der Waals surface area contributed by atoms with Crippen molar-refractivity contribution < 1.29 is 4.79 Å². The SMILES string of the molecule is O=C1NC(CC2CC2)=N/C1=C\c1c[nH]c2ncccc12. The number of rotatable bonds is 3. The lowest BCUT2D eigenvalue weighted by Crippen LogP contribution is -2.24. The van der Waals surface area contributed by atoms with Crippen molar-refractivity contribution in [2.75, 3.05) is 0 Å². The zero-order chi connectivity index (χ0) is 13.5. The van der Waals surface area contributed by atoms with Gasteiger partial charge in [-0.05, 0) is 37.0 Å². The Hall–Kier alpha value is -2.43. The average molecular weight is 266 g/mol. The Balaban J connectivity index is 1.68. The number of H-pyrrole nitrogens is 1. The Bertz CT molecular complexity index is 752. The van der Waals surface area contributed by atoms with Gasteiger partial charge in [0, 0.05) is 29.8 Å². The van der Waals surface area contributed by atoms with E-state index < -0.39 is 0 Å². The summed E-state index contributed by atoms with van der Waals surface area (Å²) in [4.78, 5) is 23.7. The molecule has 3 heterocycles. The maximum absolute atomic E-state index is 11.9. The molecule has 20 heavy (non-hydrogen) atoms. The molecule has 0 spiro atoms. The first-order chi connectivity index (χ1) is 9.79. The van der Waals surface area contributed by atoms with Crippen molar-refractivity contribution in [3.8, 4) is 0 Å². The van der Waals surface area contributed by atoms with Gasteiger partial charge in [0.05, 0.1) is 0 Å². The molecule has 1 saturated carbocycles.